The molecule has 1 heterocycles. The lowest BCUT2D eigenvalue weighted by Gasteiger charge is -2.10. The lowest BCUT2D eigenvalue weighted by atomic mass is 10.0. The monoisotopic (exact) mass is 415 g/mol. The van der Waals surface area contributed by atoms with Crippen molar-refractivity contribution in [1.82, 2.24) is 10.4 Å². The average molecular weight is 416 g/mol. The molecule has 0 unspecified atom stereocenters. The van der Waals surface area contributed by atoms with Gasteiger partial charge in [0.2, 0.25) is 0 Å². The van der Waals surface area contributed by atoms with E-state index in [1.807, 2.05) is 66.7 Å². The number of hydrogen-bond acceptors (Lipinski definition) is 4. The van der Waals surface area contributed by atoms with Crippen molar-refractivity contribution in [3.63, 3.8) is 0 Å². The van der Waals surface area contributed by atoms with Crippen LogP contribution in [-0.4, -0.2) is 24.2 Å². The lowest BCUT2D eigenvalue weighted by molar-refractivity contribution is 0.0956. The number of fused-ring (bicyclic) bond motifs is 1. The lowest BCUT2D eigenvalue weighted by Crippen LogP contribution is -2.18. The van der Waals surface area contributed by atoms with Gasteiger partial charge in [-0.05, 0) is 35.9 Å². The summed E-state index contributed by atoms with van der Waals surface area (Å²) >= 11 is 6.34. The van der Waals surface area contributed by atoms with Gasteiger partial charge in [-0.25, -0.2) is 10.4 Å². The second kappa shape index (κ2) is 8.76. The molecule has 0 spiro atoms. The molecule has 1 N–H and O–H groups in total. The Morgan fingerprint density at radius 3 is 2.67 bits per heavy atom. The van der Waals surface area contributed by atoms with Crippen molar-refractivity contribution in [2.75, 3.05) is 7.11 Å². The normalized spacial score (nSPS) is 11.0. The molecule has 6 heteroatoms. The zero-order chi connectivity index (χ0) is 20.9. The Morgan fingerprint density at radius 2 is 1.83 bits per heavy atom. The van der Waals surface area contributed by atoms with Crippen LogP contribution < -0.4 is 10.2 Å². The van der Waals surface area contributed by atoms with E-state index in [1.165, 1.54) is 0 Å². The number of halogens is 1. The first-order valence-electron chi connectivity index (χ1n) is 9.28. The number of rotatable bonds is 5. The molecular weight excluding hydrogens is 398 g/mol. The van der Waals surface area contributed by atoms with Gasteiger partial charge in [-0.2, -0.15) is 5.10 Å². The highest BCUT2D eigenvalue weighted by Gasteiger charge is 2.14. The standard InChI is InChI=1S/C24H18ClN3O2/c1-30-17-8-6-7-16(13-17)15-26-28-24(29)20-14-23(19-10-2-4-11-21(19)25)27-22-12-5-3-9-18(20)22/h2-15H,1H3,(H,28,29)/b26-15+. The van der Waals surface area contributed by atoms with Gasteiger partial charge in [0.15, 0.2) is 0 Å². The summed E-state index contributed by atoms with van der Waals surface area (Å²) in [7, 11) is 1.60. The first kappa shape index (κ1) is 19.6. The van der Waals surface area contributed by atoms with E-state index in [0.29, 0.717) is 21.8 Å². The third-order valence-electron chi connectivity index (χ3n) is 4.58. The summed E-state index contributed by atoms with van der Waals surface area (Å²) in [6.07, 6.45) is 1.57. The minimum Gasteiger partial charge on any atom is -0.497 e. The highest BCUT2D eigenvalue weighted by Crippen LogP contribution is 2.29. The molecule has 148 valence electrons. The molecule has 1 aromatic heterocycles. The Hall–Kier alpha value is -3.70. The van der Waals surface area contributed by atoms with Gasteiger partial charge in [0.25, 0.3) is 5.91 Å². The highest BCUT2D eigenvalue weighted by molar-refractivity contribution is 6.33. The van der Waals surface area contributed by atoms with Crippen LogP contribution in [0.3, 0.4) is 0 Å². The second-order valence-corrected chi connectivity index (χ2v) is 6.93. The fraction of sp³-hybridized carbons (Fsp3) is 0.0417. The van der Waals surface area contributed by atoms with E-state index in [1.54, 1.807) is 25.5 Å². The number of benzene rings is 3. The fourth-order valence-corrected chi connectivity index (χ4v) is 3.35. The molecule has 0 saturated heterocycles. The zero-order valence-electron chi connectivity index (χ0n) is 16.2. The average Bonchev–Trinajstić information content (AvgIpc) is 2.78. The number of methoxy groups -OCH3 is 1. The van der Waals surface area contributed by atoms with Crippen molar-refractivity contribution >= 4 is 34.6 Å². The summed E-state index contributed by atoms with van der Waals surface area (Å²) < 4.78 is 5.20. The number of carbonyl (C=O) groups is 1. The molecule has 1 amide bonds. The topological polar surface area (TPSA) is 63.6 Å². The first-order chi connectivity index (χ1) is 14.7. The Balaban J connectivity index is 1.67. The van der Waals surface area contributed by atoms with E-state index in [2.05, 4.69) is 15.5 Å². The van der Waals surface area contributed by atoms with Crippen LogP contribution in [0.5, 0.6) is 5.75 Å². The number of amides is 1. The van der Waals surface area contributed by atoms with Crippen LogP contribution in [0.25, 0.3) is 22.2 Å². The molecule has 0 radical (unpaired) electrons. The summed E-state index contributed by atoms with van der Waals surface area (Å²) in [5, 5.41) is 5.40. The van der Waals surface area contributed by atoms with E-state index >= 15 is 0 Å². The van der Waals surface area contributed by atoms with Gasteiger partial charge in [-0.1, -0.05) is 60.1 Å². The third-order valence-corrected chi connectivity index (χ3v) is 4.91. The molecule has 0 atom stereocenters. The second-order valence-electron chi connectivity index (χ2n) is 6.53. The van der Waals surface area contributed by atoms with E-state index in [-0.39, 0.29) is 5.91 Å². The molecule has 0 aliphatic heterocycles. The van der Waals surface area contributed by atoms with Crippen molar-refractivity contribution in [1.29, 1.82) is 0 Å². The smallest absolute Gasteiger partial charge is 0.272 e. The van der Waals surface area contributed by atoms with Crippen molar-refractivity contribution in [2.45, 2.75) is 0 Å². The predicted molar refractivity (Wildman–Crippen MR) is 120 cm³/mol. The van der Waals surface area contributed by atoms with Gasteiger partial charge in [0.1, 0.15) is 5.75 Å². The number of nitrogens with one attached hydrogen (secondary N) is 1. The molecule has 3 aromatic carbocycles. The van der Waals surface area contributed by atoms with Crippen LogP contribution in [-0.2, 0) is 0 Å². The van der Waals surface area contributed by atoms with Crippen molar-refractivity contribution in [2.24, 2.45) is 5.10 Å². The van der Waals surface area contributed by atoms with E-state index in [4.69, 9.17) is 16.3 Å². The van der Waals surface area contributed by atoms with Crippen LogP contribution in [0.1, 0.15) is 15.9 Å². The number of carbonyl (C=O) groups excluding carboxylic acids is 1. The summed E-state index contributed by atoms with van der Waals surface area (Å²) in [6.45, 7) is 0. The first-order valence-corrected chi connectivity index (χ1v) is 9.65. The Labute approximate surface area is 179 Å². The maximum Gasteiger partial charge on any atom is 0.272 e. The highest BCUT2D eigenvalue weighted by atomic mass is 35.5. The molecular formula is C24H18ClN3O2. The number of nitrogens with zero attached hydrogens (tertiary/aromatic N) is 2. The maximum absolute atomic E-state index is 12.9. The molecule has 5 nitrogen and oxygen atoms in total. The predicted octanol–water partition coefficient (Wildman–Crippen LogP) is 5.33. The Kier molecular flexibility index (Phi) is 5.72. The molecule has 0 saturated carbocycles. The Bertz CT molecular complexity index is 1250. The molecule has 4 rings (SSSR count). The van der Waals surface area contributed by atoms with Gasteiger partial charge in [0.05, 0.1) is 30.1 Å². The van der Waals surface area contributed by atoms with Gasteiger partial charge in [0, 0.05) is 16.0 Å². The largest absolute Gasteiger partial charge is 0.497 e. The summed E-state index contributed by atoms with van der Waals surface area (Å²) in [5.41, 5.74) is 5.98. The molecule has 0 fully saturated rings. The molecule has 0 aliphatic carbocycles. The van der Waals surface area contributed by atoms with Gasteiger partial charge < -0.3 is 4.74 Å². The van der Waals surface area contributed by atoms with Gasteiger partial charge in [-0.3, -0.25) is 4.79 Å². The van der Waals surface area contributed by atoms with Crippen molar-refractivity contribution in [3.8, 4) is 17.0 Å². The third kappa shape index (κ3) is 4.16. The van der Waals surface area contributed by atoms with E-state index < -0.39 is 0 Å². The number of aromatic nitrogens is 1. The van der Waals surface area contributed by atoms with Crippen LogP contribution in [0, 0.1) is 0 Å². The number of pyridine rings is 1. The molecule has 0 aliphatic rings. The quantitative estimate of drug-likeness (QED) is 0.354. The van der Waals surface area contributed by atoms with Gasteiger partial charge >= 0.3 is 0 Å². The summed E-state index contributed by atoms with van der Waals surface area (Å²) in [6, 6.07) is 24.0. The van der Waals surface area contributed by atoms with Crippen molar-refractivity contribution in [3.05, 3.63) is 95.0 Å². The minimum absolute atomic E-state index is 0.332. The number of hydrazone groups is 1. The van der Waals surface area contributed by atoms with Gasteiger partial charge in [-0.15, -0.1) is 0 Å². The molecule has 30 heavy (non-hydrogen) atoms. The maximum atomic E-state index is 12.9. The fourth-order valence-electron chi connectivity index (χ4n) is 3.12. The van der Waals surface area contributed by atoms with Crippen molar-refractivity contribution < 1.29 is 9.53 Å². The van der Waals surface area contributed by atoms with E-state index in [0.717, 1.165) is 22.3 Å². The SMILES string of the molecule is COc1cccc(/C=N/NC(=O)c2cc(-c3ccccc3Cl)nc3ccccc23)c1. The number of para-hydroxylation sites is 1. The molecule has 4 aromatic rings. The van der Waals surface area contributed by atoms with E-state index in [9.17, 15) is 4.79 Å². The zero-order valence-corrected chi connectivity index (χ0v) is 16.9. The number of hydrogen-bond donors (Lipinski definition) is 1. The Morgan fingerprint density at radius 1 is 1.03 bits per heavy atom. The minimum atomic E-state index is -0.332. The van der Waals surface area contributed by atoms with Crippen LogP contribution in [0.4, 0.5) is 0 Å². The van der Waals surface area contributed by atoms with Crippen LogP contribution in [0.15, 0.2) is 84.0 Å². The molecule has 0 bridgehead atoms. The number of ether oxygens (including phenoxy) is 1. The summed E-state index contributed by atoms with van der Waals surface area (Å²) in [5.74, 6) is 0.385. The summed E-state index contributed by atoms with van der Waals surface area (Å²) in [4.78, 5) is 17.6. The van der Waals surface area contributed by atoms with Crippen LogP contribution >= 0.6 is 11.6 Å². The van der Waals surface area contributed by atoms with Crippen LogP contribution in [0.2, 0.25) is 5.02 Å².